The highest BCUT2D eigenvalue weighted by atomic mass is 127. The fourth-order valence-electron chi connectivity index (χ4n) is 2.23. The lowest BCUT2D eigenvalue weighted by Crippen LogP contribution is -2.39. The molecule has 0 spiro atoms. The van der Waals surface area contributed by atoms with E-state index >= 15 is 0 Å². The monoisotopic (exact) mass is 500 g/mol. The average Bonchev–Trinajstić information content (AvgIpc) is 2.58. The third-order valence-corrected chi connectivity index (χ3v) is 3.87. The quantitative estimate of drug-likeness (QED) is 0.343. The molecule has 1 aromatic carbocycles. The molecule has 0 fully saturated rings. The second-order valence-corrected chi connectivity index (χ2v) is 6.22. The van der Waals surface area contributed by atoms with Crippen LogP contribution in [0, 0.1) is 0 Å². The molecule has 1 rings (SSSR count). The summed E-state index contributed by atoms with van der Waals surface area (Å²) in [4.78, 5) is 17.3. The molecule has 0 saturated heterocycles. The van der Waals surface area contributed by atoms with E-state index in [1.54, 1.807) is 20.2 Å². The fraction of sp³-hybridized carbons (Fsp3) is 0.556. The van der Waals surface area contributed by atoms with Crippen LogP contribution < -0.4 is 10.6 Å². The van der Waals surface area contributed by atoms with E-state index in [0.717, 1.165) is 6.07 Å². The third kappa shape index (κ3) is 9.30. The van der Waals surface area contributed by atoms with Gasteiger partial charge in [-0.15, -0.1) is 24.0 Å². The van der Waals surface area contributed by atoms with Crippen molar-refractivity contribution in [1.29, 1.82) is 0 Å². The molecule has 1 aromatic rings. The molecule has 0 radical (unpaired) electrons. The Kier molecular flexibility index (Phi) is 11.4. The molecule has 2 N–H and O–H groups in total. The molecule has 0 aliphatic rings. The second-order valence-electron chi connectivity index (χ2n) is 6.22. The van der Waals surface area contributed by atoms with E-state index in [0.29, 0.717) is 31.0 Å². The van der Waals surface area contributed by atoms with Crippen LogP contribution in [0.3, 0.4) is 0 Å². The van der Waals surface area contributed by atoms with Gasteiger partial charge >= 0.3 is 6.18 Å². The van der Waals surface area contributed by atoms with Crippen LogP contribution in [0.1, 0.15) is 37.3 Å². The summed E-state index contributed by atoms with van der Waals surface area (Å²) >= 11 is 0. The van der Waals surface area contributed by atoms with Crippen molar-refractivity contribution in [3.05, 3.63) is 35.4 Å². The lowest BCUT2D eigenvalue weighted by molar-refractivity contribution is -0.137. The smallest absolute Gasteiger partial charge is 0.357 e. The van der Waals surface area contributed by atoms with E-state index in [1.807, 2.05) is 13.8 Å². The highest BCUT2D eigenvalue weighted by Gasteiger charge is 2.30. The van der Waals surface area contributed by atoms with Crippen LogP contribution in [0.15, 0.2) is 29.3 Å². The van der Waals surface area contributed by atoms with Crippen molar-refractivity contribution in [2.45, 2.75) is 32.4 Å². The van der Waals surface area contributed by atoms with Gasteiger partial charge < -0.3 is 15.5 Å². The first-order valence-corrected chi connectivity index (χ1v) is 8.54. The van der Waals surface area contributed by atoms with Crippen molar-refractivity contribution >= 4 is 35.8 Å². The summed E-state index contributed by atoms with van der Waals surface area (Å²) in [7, 11) is 3.32. The largest absolute Gasteiger partial charge is 0.416 e. The zero-order valence-corrected chi connectivity index (χ0v) is 18.4. The summed E-state index contributed by atoms with van der Waals surface area (Å²) in [6.07, 6.45) is -3.70. The van der Waals surface area contributed by atoms with Gasteiger partial charge in [0.25, 0.3) is 0 Å². The molecule has 154 valence electrons. The molecular formula is C18H28F3IN4O. The molecular weight excluding hydrogens is 472 g/mol. The minimum absolute atomic E-state index is 0. The number of nitrogens with one attached hydrogen (secondary N) is 2. The van der Waals surface area contributed by atoms with Crippen molar-refractivity contribution in [1.82, 2.24) is 15.5 Å². The molecule has 0 bridgehead atoms. The number of amides is 1. The summed E-state index contributed by atoms with van der Waals surface area (Å²) in [5, 5.41) is 6.15. The van der Waals surface area contributed by atoms with E-state index in [1.165, 1.54) is 17.0 Å². The Hall–Kier alpha value is -1.52. The van der Waals surface area contributed by atoms with Crippen molar-refractivity contribution in [3.63, 3.8) is 0 Å². The van der Waals surface area contributed by atoms with Crippen molar-refractivity contribution in [2.75, 3.05) is 33.7 Å². The van der Waals surface area contributed by atoms with Crippen molar-refractivity contribution in [3.8, 4) is 0 Å². The van der Waals surface area contributed by atoms with Gasteiger partial charge in [0.05, 0.1) is 5.56 Å². The lowest BCUT2D eigenvalue weighted by atomic mass is 9.96. The molecule has 0 aliphatic carbocycles. The van der Waals surface area contributed by atoms with Gasteiger partial charge in [0.1, 0.15) is 6.54 Å². The Balaban J connectivity index is 0.00000676. The number of alkyl halides is 3. The van der Waals surface area contributed by atoms with Crippen LogP contribution in [-0.4, -0.2) is 50.5 Å². The third-order valence-electron chi connectivity index (χ3n) is 3.87. The highest BCUT2D eigenvalue weighted by Crippen LogP contribution is 2.31. The number of guanidine groups is 1. The first kappa shape index (κ1) is 25.5. The number of halogens is 4. The maximum Gasteiger partial charge on any atom is 0.416 e. The van der Waals surface area contributed by atoms with Crippen LogP contribution in [0.5, 0.6) is 0 Å². The number of hydrogen-bond donors (Lipinski definition) is 2. The topological polar surface area (TPSA) is 56.7 Å². The molecule has 1 unspecified atom stereocenters. The molecule has 0 aromatic heterocycles. The molecule has 5 nitrogen and oxygen atoms in total. The Morgan fingerprint density at radius 3 is 2.48 bits per heavy atom. The van der Waals surface area contributed by atoms with Gasteiger partial charge in [-0.2, -0.15) is 13.2 Å². The Bertz CT molecular complexity index is 621. The molecule has 1 atom stereocenters. The number of hydrogen-bond acceptors (Lipinski definition) is 2. The van der Waals surface area contributed by atoms with Crippen LogP contribution in [-0.2, 0) is 11.0 Å². The number of aliphatic imine (C=N–C) groups is 1. The summed E-state index contributed by atoms with van der Waals surface area (Å²) in [6.45, 7) is 5.00. The Labute approximate surface area is 175 Å². The summed E-state index contributed by atoms with van der Waals surface area (Å²) in [6, 6.07) is 5.40. The summed E-state index contributed by atoms with van der Waals surface area (Å²) in [5.41, 5.74) is 0.0123. The fourth-order valence-corrected chi connectivity index (χ4v) is 2.23. The number of carbonyl (C=O) groups is 1. The predicted octanol–water partition coefficient (Wildman–Crippen LogP) is 3.46. The molecule has 9 heteroatoms. The molecule has 1 amide bonds. The first-order chi connectivity index (χ1) is 12.1. The number of carbonyl (C=O) groups excluding carboxylic acids is 1. The molecule has 0 saturated carbocycles. The average molecular weight is 500 g/mol. The number of rotatable bonds is 7. The van der Waals surface area contributed by atoms with E-state index in [2.05, 4.69) is 15.6 Å². The number of nitrogens with zero attached hydrogens (tertiary/aromatic N) is 2. The highest BCUT2D eigenvalue weighted by molar-refractivity contribution is 14.0. The zero-order valence-electron chi connectivity index (χ0n) is 16.1. The maximum atomic E-state index is 12.8. The molecule has 27 heavy (non-hydrogen) atoms. The SMILES string of the molecule is CCNC(=NCC(=O)N(C)C)NCCC(C)c1cccc(C(F)(F)F)c1.I. The minimum Gasteiger partial charge on any atom is -0.357 e. The maximum absolute atomic E-state index is 12.8. The van der Waals surface area contributed by atoms with Gasteiger partial charge in [0.15, 0.2) is 5.96 Å². The van der Waals surface area contributed by atoms with Crippen LogP contribution in [0.4, 0.5) is 13.2 Å². The van der Waals surface area contributed by atoms with E-state index in [-0.39, 0.29) is 42.3 Å². The minimum atomic E-state index is -4.34. The van der Waals surface area contributed by atoms with E-state index in [4.69, 9.17) is 0 Å². The van der Waals surface area contributed by atoms with Gasteiger partial charge in [-0.3, -0.25) is 4.79 Å². The van der Waals surface area contributed by atoms with Crippen molar-refractivity contribution < 1.29 is 18.0 Å². The first-order valence-electron chi connectivity index (χ1n) is 8.54. The van der Waals surface area contributed by atoms with Gasteiger partial charge in [0, 0.05) is 27.2 Å². The molecule has 0 heterocycles. The Morgan fingerprint density at radius 1 is 1.26 bits per heavy atom. The normalized spacial score (nSPS) is 12.8. The standard InChI is InChI=1S/C18H27F3N4O.HI/c1-5-22-17(24-12-16(26)25(3)4)23-10-9-13(2)14-7-6-8-15(11-14)18(19,20)21;/h6-8,11,13H,5,9-10,12H2,1-4H3,(H2,22,23,24);1H. The number of benzene rings is 1. The predicted molar refractivity (Wildman–Crippen MR) is 113 cm³/mol. The van der Waals surface area contributed by atoms with Crippen LogP contribution in [0.25, 0.3) is 0 Å². The Morgan fingerprint density at radius 2 is 1.93 bits per heavy atom. The van der Waals surface area contributed by atoms with E-state index < -0.39 is 11.7 Å². The van der Waals surface area contributed by atoms with Gasteiger partial charge in [-0.1, -0.05) is 25.1 Å². The number of likely N-dealkylation sites (N-methyl/N-ethyl adjacent to an activating group) is 1. The van der Waals surface area contributed by atoms with Gasteiger partial charge in [-0.05, 0) is 30.9 Å². The van der Waals surface area contributed by atoms with Crippen LogP contribution in [0.2, 0.25) is 0 Å². The van der Waals surface area contributed by atoms with Gasteiger partial charge in [-0.25, -0.2) is 4.99 Å². The molecule has 0 aliphatic heterocycles. The zero-order chi connectivity index (χ0) is 19.7. The second kappa shape index (κ2) is 12.0. The van der Waals surface area contributed by atoms with Gasteiger partial charge in [0.2, 0.25) is 5.91 Å². The summed E-state index contributed by atoms with van der Waals surface area (Å²) < 4.78 is 38.4. The van der Waals surface area contributed by atoms with E-state index in [9.17, 15) is 18.0 Å². The summed E-state index contributed by atoms with van der Waals surface area (Å²) in [5.74, 6) is 0.356. The lowest BCUT2D eigenvalue weighted by Gasteiger charge is -2.16. The van der Waals surface area contributed by atoms with Crippen LogP contribution >= 0.6 is 24.0 Å². The van der Waals surface area contributed by atoms with Crippen molar-refractivity contribution in [2.24, 2.45) is 4.99 Å².